The van der Waals surface area contributed by atoms with Gasteiger partial charge in [-0.05, 0) is 29.7 Å². The van der Waals surface area contributed by atoms with Gasteiger partial charge in [0.05, 0.1) is 18.3 Å². The van der Waals surface area contributed by atoms with E-state index in [9.17, 15) is 4.79 Å². The van der Waals surface area contributed by atoms with Crippen molar-refractivity contribution in [2.45, 2.75) is 12.8 Å². The van der Waals surface area contributed by atoms with Crippen molar-refractivity contribution in [3.05, 3.63) is 90.1 Å². The lowest BCUT2D eigenvalue weighted by atomic mass is 10.1. The lowest BCUT2D eigenvalue weighted by Crippen LogP contribution is -2.14. The number of aromatic nitrogens is 1. The Hall–Kier alpha value is -3.14. The molecule has 0 bridgehead atoms. The standard InChI is InChI=1S/C21H21N3O/c25-21(15-18-9-5-2-6-10-18)24-19-11-12-20(23-16-19)22-14-13-17-7-3-1-4-8-17/h1-12,16H,13-15H2,(H,22,23)(H,24,25). The molecule has 0 aliphatic rings. The molecule has 0 fully saturated rings. The Labute approximate surface area is 147 Å². The van der Waals surface area contributed by atoms with Crippen LogP contribution in [0.3, 0.4) is 0 Å². The molecule has 4 nitrogen and oxygen atoms in total. The van der Waals surface area contributed by atoms with Gasteiger partial charge in [-0.15, -0.1) is 0 Å². The van der Waals surface area contributed by atoms with E-state index in [2.05, 4.69) is 27.8 Å². The molecule has 0 saturated heterocycles. The topological polar surface area (TPSA) is 54.0 Å². The molecule has 2 N–H and O–H groups in total. The number of pyridine rings is 1. The van der Waals surface area contributed by atoms with Gasteiger partial charge >= 0.3 is 0 Å². The third-order valence-corrected chi connectivity index (χ3v) is 3.82. The number of hydrogen-bond donors (Lipinski definition) is 2. The van der Waals surface area contributed by atoms with Crippen LogP contribution in [0, 0.1) is 0 Å². The van der Waals surface area contributed by atoms with Crippen LogP contribution in [0.25, 0.3) is 0 Å². The summed E-state index contributed by atoms with van der Waals surface area (Å²) in [6, 6.07) is 23.7. The highest BCUT2D eigenvalue weighted by atomic mass is 16.1. The molecule has 0 spiro atoms. The first kappa shape index (κ1) is 16.7. The normalized spacial score (nSPS) is 10.2. The summed E-state index contributed by atoms with van der Waals surface area (Å²) in [7, 11) is 0. The number of anilines is 2. The Morgan fingerprint density at radius 3 is 2.16 bits per heavy atom. The molecule has 0 saturated carbocycles. The zero-order valence-corrected chi connectivity index (χ0v) is 14.0. The van der Waals surface area contributed by atoms with Gasteiger partial charge in [-0.3, -0.25) is 4.79 Å². The first-order valence-corrected chi connectivity index (χ1v) is 8.37. The van der Waals surface area contributed by atoms with E-state index in [0.29, 0.717) is 12.1 Å². The minimum Gasteiger partial charge on any atom is -0.370 e. The van der Waals surface area contributed by atoms with Gasteiger partial charge in [-0.25, -0.2) is 4.98 Å². The monoisotopic (exact) mass is 331 g/mol. The van der Waals surface area contributed by atoms with E-state index in [1.807, 2.05) is 60.7 Å². The summed E-state index contributed by atoms with van der Waals surface area (Å²) < 4.78 is 0. The van der Waals surface area contributed by atoms with E-state index < -0.39 is 0 Å². The zero-order valence-electron chi connectivity index (χ0n) is 14.0. The second-order valence-corrected chi connectivity index (χ2v) is 5.81. The maximum Gasteiger partial charge on any atom is 0.228 e. The summed E-state index contributed by atoms with van der Waals surface area (Å²) in [5.41, 5.74) is 2.99. The summed E-state index contributed by atoms with van der Waals surface area (Å²) >= 11 is 0. The van der Waals surface area contributed by atoms with Gasteiger partial charge in [0.25, 0.3) is 0 Å². The zero-order chi connectivity index (χ0) is 17.3. The molecule has 4 heteroatoms. The van der Waals surface area contributed by atoms with Gasteiger partial charge in [0.1, 0.15) is 5.82 Å². The van der Waals surface area contributed by atoms with Crippen LogP contribution in [0.1, 0.15) is 11.1 Å². The summed E-state index contributed by atoms with van der Waals surface area (Å²) in [5.74, 6) is 0.759. The number of nitrogens with one attached hydrogen (secondary N) is 2. The van der Waals surface area contributed by atoms with Crippen molar-refractivity contribution in [2.75, 3.05) is 17.2 Å². The summed E-state index contributed by atoms with van der Waals surface area (Å²) in [6.07, 6.45) is 2.98. The molecular formula is C21H21N3O. The van der Waals surface area contributed by atoms with Crippen molar-refractivity contribution in [2.24, 2.45) is 0 Å². The van der Waals surface area contributed by atoms with Crippen LogP contribution < -0.4 is 10.6 Å². The smallest absolute Gasteiger partial charge is 0.228 e. The molecule has 0 radical (unpaired) electrons. The van der Waals surface area contributed by atoms with Crippen LogP contribution in [-0.4, -0.2) is 17.4 Å². The SMILES string of the molecule is O=C(Cc1ccccc1)Nc1ccc(NCCc2ccccc2)nc1. The Morgan fingerprint density at radius 1 is 0.840 bits per heavy atom. The van der Waals surface area contributed by atoms with Crippen LogP contribution in [0.2, 0.25) is 0 Å². The first-order chi connectivity index (χ1) is 12.3. The molecule has 2 aromatic carbocycles. The highest BCUT2D eigenvalue weighted by Gasteiger charge is 2.04. The van der Waals surface area contributed by atoms with Crippen molar-refractivity contribution in [3.8, 4) is 0 Å². The number of amides is 1. The average molecular weight is 331 g/mol. The van der Waals surface area contributed by atoms with Crippen LogP contribution in [0.15, 0.2) is 79.0 Å². The fourth-order valence-electron chi connectivity index (χ4n) is 2.54. The van der Waals surface area contributed by atoms with E-state index in [4.69, 9.17) is 0 Å². The van der Waals surface area contributed by atoms with Gasteiger partial charge in [0.15, 0.2) is 0 Å². The molecule has 1 heterocycles. The van der Waals surface area contributed by atoms with Crippen molar-refractivity contribution in [1.29, 1.82) is 0 Å². The van der Waals surface area contributed by atoms with Crippen molar-refractivity contribution >= 4 is 17.4 Å². The van der Waals surface area contributed by atoms with E-state index in [-0.39, 0.29) is 5.91 Å². The van der Waals surface area contributed by atoms with Gasteiger partial charge in [0.2, 0.25) is 5.91 Å². The fourth-order valence-corrected chi connectivity index (χ4v) is 2.54. The number of carbonyl (C=O) groups is 1. The predicted octanol–water partition coefficient (Wildman–Crippen LogP) is 3.92. The average Bonchev–Trinajstić information content (AvgIpc) is 2.65. The van der Waals surface area contributed by atoms with Crippen LogP contribution in [0.4, 0.5) is 11.5 Å². The van der Waals surface area contributed by atoms with Crippen molar-refractivity contribution in [1.82, 2.24) is 4.98 Å². The molecule has 25 heavy (non-hydrogen) atoms. The first-order valence-electron chi connectivity index (χ1n) is 8.37. The lowest BCUT2D eigenvalue weighted by Gasteiger charge is -2.08. The number of benzene rings is 2. The molecule has 3 aromatic rings. The molecule has 3 rings (SSSR count). The lowest BCUT2D eigenvalue weighted by molar-refractivity contribution is -0.115. The summed E-state index contributed by atoms with van der Waals surface area (Å²) in [6.45, 7) is 0.816. The van der Waals surface area contributed by atoms with E-state index in [0.717, 1.165) is 24.3 Å². The van der Waals surface area contributed by atoms with Crippen molar-refractivity contribution < 1.29 is 4.79 Å². The summed E-state index contributed by atoms with van der Waals surface area (Å²) in [5, 5.41) is 6.16. The van der Waals surface area contributed by atoms with Crippen LogP contribution >= 0.6 is 0 Å². The second kappa shape index (κ2) is 8.64. The van der Waals surface area contributed by atoms with E-state index in [1.54, 1.807) is 6.20 Å². The van der Waals surface area contributed by atoms with Gasteiger partial charge in [-0.1, -0.05) is 60.7 Å². The number of rotatable bonds is 7. The Kier molecular flexibility index (Phi) is 5.77. The van der Waals surface area contributed by atoms with Gasteiger partial charge < -0.3 is 10.6 Å². The molecule has 126 valence electrons. The van der Waals surface area contributed by atoms with E-state index in [1.165, 1.54) is 5.56 Å². The van der Waals surface area contributed by atoms with Gasteiger partial charge in [0, 0.05) is 6.54 Å². The maximum absolute atomic E-state index is 12.0. The van der Waals surface area contributed by atoms with Crippen LogP contribution in [-0.2, 0) is 17.6 Å². The number of carbonyl (C=O) groups excluding carboxylic acids is 1. The molecule has 0 aliphatic carbocycles. The molecule has 1 amide bonds. The minimum atomic E-state index is -0.0437. The third kappa shape index (κ3) is 5.46. The quantitative estimate of drug-likeness (QED) is 0.690. The molecule has 0 unspecified atom stereocenters. The Bertz CT molecular complexity index is 786. The highest BCUT2D eigenvalue weighted by Crippen LogP contribution is 2.11. The fraction of sp³-hybridized carbons (Fsp3) is 0.143. The second-order valence-electron chi connectivity index (χ2n) is 5.81. The van der Waals surface area contributed by atoms with E-state index >= 15 is 0 Å². The molecule has 0 aliphatic heterocycles. The number of nitrogens with zero attached hydrogens (tertiary/aromatic N) is 1. The molecule has 0 atom stereocenters. The van der Waals surface area contributed by atoms with Crippen LogP contribution in [0.5, 0.6) is 0 Å². The van der Waals surface area contributed by atoms with Gasteiger partial charge in [-0.2, -0.15) is 0 Å². The minimum absolute atomic E-state index is 0.0437. The predicted molar refractivity (Wildman–Crippen MR) is 102 cm³/mol. The highest BCUT2D eigenvalue weighted by molar-refractivity contribution is 5.92. The molecule has 1 aromatic heterocycles. The maximum atomic E-state index is 12.0. The third-order valence-electron chi connectivity index (χ3n) is 3.82. The Morgan fingerprint density at radius 2 is 1.52 bits per heavy atom. The summed E-state index contributed by atoms with van der Waals surface area (Å²) in [4.78, 5) is 16.4. The molecular weight excluding hydrogens is 310 g/mol. The van der Waals surface area contributed by atoms with Crippen molar-refractivity contribution in [3.63, 3.8) is 0 Å². The number of hydrogen-bond acceptors (Lipinski definition) is 3. The Balaban J connectivity index is 1.46. The largest absolute Gasteiger partial charge is 0.370 e.